The molecular formula is C12H9BrO3. The van der Waals surface area contributed by atoms with Crippen molar-refractivity contribution in [3.63, 3.8) is 0 Å². The van der Waals surface area contributed by atoms with Gasteiger partial charge in [-0.2, -0.15) is 0 Å². The molecule has 3 nitrogen and oxygen atoms in total. The fourth-order valence-corrected chi connectivity index (χ4v) is 1.59. The third kappa shape index (κ3) is 2.17. The molecule has 0 spiro atoms. The van der Waals surface area contributed by atoms with E-state index in [1.165, 1.54) is 13.4 Å². The van der Waals surface area contributed by atoms with Gasteiger partial charge in [-0.25, -0.2) is 4.79 Å². The lowest BCUT2D eigenvalue weighted by atomic mass is 10.1. The lowest BCUT2D eigenvalue weighted by Gasteiger charge is -1.95. The number of carbonyl (C=O) groups excluding carboxylic acids is 1. The van der Waals surface area contributed by atoms with Crippen molar-refractivity contribution in [1.82, 2.24) is 0 Å². The summed E-state index contributed by atoms with van der Waals surface area (Å²) in [6.45, 7) is 0. The van der Waals surface area contributed by atoms with Gasteiger partial charge in [0.25, 0.3) is 0 Å². The molecule has 0 atom stereocenters. The average Bonchev–Trinajstić information content (AvgIpc) is 2.78. The molecule has 1 aromatic heterocycles. The summed E-state index contributed by atoms with van der Waals surface area (Å²) >= 11 is 3.35. The zero-order chi connectivity index (χ0) is 11.5. The van der Waals surface area contributed by atoms with Gasteiger partial charge in [0.15, 0.2) is 0 Å². The zero-order valence-electron chi connectivity index (χ0n) is 8.57. The first-order valence-corrected chi connectivity index (χ1v) is 5.43. The highest BCUT2D eigenvalue weighted by Gasteiger charge is 2.11. The molecule has 0 radical (unpaired) electrons. The van der Waals surface area contributed by atoms with Gasteiger partial charge in [0.05, 0.1) is 12.7 Å². The number of hydrogen-bond acceptors (Lipinski definition) is 3. The highest BCUT2D eigenvalue weighted by molar-refractivity contribution is 9.10. The minimum absolute atomic E-state index is 0.396. The molecule has 0 aliphatic heterocycles. The molecule has 0 saturated carbocycles. The molecule has 0 unspecified atom stereocenters. The van der Waals surface area contributed by atoms with Crippen LogP contribution in [-0.2, 0) is 4.74 Å². The van der Waals surface area contributed by atoms with Crippen molar-refractivity contribution in [3.8, 4) is 11.3 Å². The smallest absolute Gasteiger partial charge is 0.341 e. The summed E-state index contributed by atoms with van der Waals surface area (Å²) in [5.41, 5.74) is 1.33. The number of rotatable bonds is 2. The van der Waals surface area contributed by atoms with Crippen LogP contribution in [0.1, 0.15) is 10.4 Å². The van der Waals surface area contributed by atoms with Crippen molar-refractivity contribution in [2.75, 3.05) is 7.11 Å². The maximum absolute atomic E-state index is 11.2. The number of hydrogen-bond donors (Lipinski definition) is 0. The summed E-state index contributed by atoms with van der Waals surface area (Å²) < 4.78 is 10.9. The molecule has 0 N–H and O–H groups in total. The third-order valence-corrected chi connectivity index (χ3v) is 2.68. The Morgan fingerprint density at radius 2 is 2.00 bits per heavy atom. The number of methoxy groups -OCH3 is 1. The first-order valence-electron chi connectivity index (χ1n) is 4.63. The Kier molecular flexibility index (Phi) is 3.10. The molecule has 0 amide bonds. The van der Waals surface area contributed by atoms with Gasteiger partial charge in [-0.1, -0.05) is 28.1 Å². The topological polar surface area (TPSA) is 39.4 Å². The number of benzene rings is 1. The normalized spacial score (nSPS) is 10.1. The van der Waals surface area contributed by atoms with Gasteiger partial charge in [-0.15, -0.1) is 0 Å². The first-order chi connectivity index (χ1) is 7.70. The summed E-state index contributed by atoms with van der Waals surface area (Å²) in [5, 5.41) is 0. The maximum Gasteiger partial charge on any atom is 0.341 e. The van der Waals surface area contributed by atoms with Gasteiger partial charge in [0.1, 0.15) is 12.0 Å². The Labute approximate surface area is 101 Å². The standard InChI is InChI=1S/C12H9BrO3/c1-15-12(14)9-6-11(16-7-9)8-2-4-10(13)5-3-8/h2-7H,1H3. The van der Waals surface area contributed by atoms with Crippen molar-refractivity contribution in [3.05, 3.63) is 46.6 Å². The summed E-state index contributed by atoms with van der Waals surface area (Å²) in [6, 6.07) is 9.30. The molecule has 0 saturated heterocycles. The van der Waals surface area contributed by atoms with Crippen LogP contribution in [-0.4, -0.2) is 13.1 Å². The SMILES string of the molecule is COC(=O)c1coc(-c2ccc(Br)cc2)c1. The van der Waals surface area contributed by atoms with Crippen molar-refractivity contribution < 1.29 is 13.9 Å². The minimum atomic E-state index is -0.396. The number of ether oxygens (including phenoxy) is 1. The van der Waals surface area contributed by atoms with E-state index in [0.29, 0.717) is 11.3 Å². The van der Waals surface area contributed by atoms with Crippen molar-refractivity contribution in [1.29, 1.82) is 0 Å². The summed E-state index contributed by atoms with van der Waals surface area (Å²) in [5.74, 6) is 0.250. The monoisotopic (exact) mass is 280 g/mol. The van der Waals surface area contributed by atoms with Crippen LogP contribution in [0.5, 0.6) is 0 Å². The van der Waals surface area contributed by atoms with Gasteiger partial charge in [0.2, 0.25) is 0 Å². The summed E-state index contributed by atoms with van der Waals surface area (Å²) in [6.07, 6.45) is 1.39. The van der Waals surface area contributed by atoms with Crippen LogP contribution in [0.25, 0.3) is 11.3 Å². The highest BCUT2D eigenvalue weighted by atomic mass is 79.9. The second kappa shape index (κ2) is 4.53. The number of carbonyl (C=O) groups is 1. The van der Waals surface area contributed by atoms with E-state index in [-0.39, 0.29) is 0 Å². The average molecular weight is 281 g/mol. The van der Waals surface area contributed by atoms with Gasteiger partial charge < -0.3 is 9.15 Å². The van der Waals surface area contributed by atoms with E-state index in [2.05, 4.69) is 20.7 Å². The number of furan rings is 1. The van der Waals surface area contributed by atoms with E-state index in [1.807, 2.05) is 24.3 Å². The largest absolute Gasteiger partial charge is 0.465 e. The molecule has 0 fully saturated rings. The van der Waals surface area contributed by atoms with E-state index >= 15 is 0 Å². The molecule has 82 valence electrons. The van der Waals surface area contributed by atoms with Crippen LogP contribution in [0.4, 0.5) is 0 Å². The molecule has 0 aliphatic carbocycles. The van der Waals surface area contributed by atoms with E-state index in [1.54, 1.807) is 6.07 Å². The molecule has 0 aliphatic rings. The first kappa shape index (κ1) is 11.0. The fourth-order valence-electron chi connectivity index (χ4n) is 1.33. The van der Waals surface area contributed by atoms with Crippen LogP contribution in [0, 0.1) is 0 Å². The van der Waals surface area contributed by atoms with E-state index in [4.69, 9.17) is 4.42 Å². The predicted molar refractivity (Wildman–Crippen MR) is 63.2 cm³/mol. The molecular weight excluding hydrogens is 272 g/mol. The minimum Gasteiger partial charge on any atom is -0.465 e. The van der Waals surface area contributed by atoms with Gasteiger partial charge in [-0.05, 0) is 18.2 Å². The van der Waals surface area contributed by atoms with Crippen LogP contribution in [0.15, 0.2) is 45.5 Å². The summed E-state index contributed by atoms with van der Waals surface area (Å²) in [4.78, 5) is 11.2. The third-order valence-electron chi connectivity index (χ3n) is 2.15. The predicted octanol–water partition coefficient (Wildman–Crippen LogP) is 3.50. The molecule has 1 heterocycles. The lowest BCUT2D eigenvalue weighted by Crippen LogP contribution is -1.98. The molecule has 2 rings (SSSR count). The highest BCUT2D eigenvalue weighted by Crippen LogP contribution is 2.24. The second-order valence-corrected chi connectivity index (χ2v) is 4.11. The van der Waals surface area contributed by atoms with Crippen molar-refractivity contribution in [2.45, 2.75) is 0 Å². The van der Waals surface area contributed by atoms with Crippen LogP contribution >= 0.6 is 15.9 Å². The van der Waals surface area contributed by atoms with Gasteiger partial charge >= 0.3 is 5.97 Å². The van der Waals surface area contributed by atoms with Crippen LogP contribution in [0.3, 0.4) is 0 Å². The zero-order valence-corrected chi connectivity index (χ0v) is 10.2. The van der Waals surface area contributed by atoms with E-state index in [0.717, 1.165) is 10.0 Å². The van der Waals surface area contributed by atoms with Gasteiger partial charge in [-0.3, -0.25) is 0 Å². The molecule has 0 bridgehead atoms. The Bertz CT molecular complexity index is 499. The van der Waals surface area contributed by atoms with Crippen LogP contribution < -0.4 is 0 Å². The molecule has 1 aromatic carbocycles. The quantitative estimate of drug-likeness (QED) is 0.791. The van der Waals surface area contributed by atoms with Crippen LogP contribution in [0.2, 0.25) is 0 Å². The Morgan fingerprint density at radius 1 is 1.31 bits per heavy atom. The lowest BCUT2D eigenvalue weighted by molar-refractivity contribution is 0.0600. The van der Waals surface area contributed by atoms with Gasteiger partial charge in [0, 0.05) is 10.0 Å². The van der Waals surface area contributed by atoms with Crippen molar-refractivity contribution in [2.24, 2.45) is 0 Å². The van der Waals surface area contributed by atoms with E-state index in [9.17, 15) is 4.79 Å². The second-order valence-electron chi connectivity index (χ2n) is 3.20. The Balaban J connectivity index is 2.31. The molecule has 2 aromatic rings. The number of esters is 1. The summed E-state index contributed by atoms with van der Waals surface area (Å²) in [7, 11) is 1.34. The fraction of sp³-hybridized carbons (Fsp3) is 0.0833. The van der Waals surface area contributed by atoms with E-state index < -0.39 is 5.97 Å². The Morgan fingerprint density at radius 3 is 2.62 bits per heavy atom. The maximum atomic E-state index is 11.2. The Hall–Kier alpha value is -1.55. The van der Waals surface area contributed by atoms with Crippen molar-refractivity contribution >= 4 is 21.9 Å². The number of halogens is 1. The molecule has 16 heavy (non-hydrogen) atoms. The molecule has 4 heteroatoms.